The molecule has 32 heteroatoms. The molecule has 506 valence electrons. The number of amides is 10. The Morgan fingerprint density at radius 1 is 0.769 bits per heavy atom. The molecule has 8 unspecified atom stereocenters. The van der Waals surface area contributed by atoms with Gasteiger partial charge in [0.1, 0.15) is 54.6 Å². The SMILES string of the molecule is CCC(C)[C@H](NC(=O)[C@H](CCCCN)NC(=O)[C@@H](NC(=O)[C@H](CCC(N)=O)NC(=O)[C@H](CCCN=C(N)N)NC(=O)[C@@H](N)CSC1CC(=O)N(CCC(=O)OC2COC3COC(C)OC3C2O)C1=O)C(C)CC)C(=O)N[C@@H](Cc1c[nH]c2ccccc12)C(=O)NC. The van der Waals surface area contributed by atoms with Gasteiger partial charge in [-0.3, -0.25) is 62.6 Å². The molecule has 3 fully saturated rings. The van der Waals surface area contributed by atoms with Gasteiger partial charge in [0.2, 0.25) is 59.1 Å². The first-order valence-electron chi connectivity index (χ1n) is 30.9. The molecule has 3 aliphatic rings. The lowest BCUT2D eigenvalue weighted by Crippen LogP contribution is -2.61. The van der Waals surface area contributed by atoms with Crippen molar-refractivity contribution >= 4 is 93.7 Å². The summed E-state index contributed by atoms with van der Waals surface area (Å²) in [4.78, 5) is 158. The number of guanidine groups is 1. The van der Waals surface area contributed by atoms with Gasteiger partial charge in [-0.1, -0.05) is 58.7 Å². The number of likely N-dealkylation sites (tertiary alicyclic amines) is 1. The number of nitrogens with one attached hydrogen (secondary N) is 8. The van der Waals surface area contributed by atoms with Crippen molar-refractivity contribution < 1.29 is 76.8 Å². The van der Waals surface area contributed by atoms with Gasteiger partial charge in [0.15, 0.2) is 18.4 Å². The third-order valence-electron chi connectivity index (χ3n) is 16.3. The highest BCUT2D eigenvalue weighted by molar-refractivity contribution is 8.00. The number of fused-ring (bicyclic) bond motifs is 2. The van der Waals surface area contributed by atoms with Crippen LogP contribution >= 0.6 is 11.8 Å². The van der Waals surface area contributed by atoms with Gasteiger partial charge in [-0.15, -0.1) is 11.8 Å². The van der Waals surface area contributed by atoms with E-state index >= 15 is 0 Å². The van der Waals surface area contributed by atoms with Crippen LogP contribution in [0.4, 0.5) is 0 Å². The molecule has 3 aliphatic heterocycles. The fourth-order valence-corrected chi connectivity index (χ4v) is 11.6. The van der Waals surface area contributed by atoms with Gasteiger partial charge in [-0.2, -0.15) is 0 Å². The number of nitrogens with two attached hydrogens (primary N) is 5. The zero-order valence-corrected chi connectivity index (χ0v) is 53.4. The van der Waals surface area contributed by atoms with Gasteiger partial charge in [0, 0.05) is 62.3 Å². The Balaban J connectivity index is 1.24. The molecule has 3 saturated heterocycles. The van der Waals surface area contributed by atoms with E-state index in [0.717, 1.165) is 33.1 Å². The average molecular weight is 1300 g/mol. The number of hydrogen-bond donors (Lipinski definition) is 14. The normalized spacial score (nSPS) is 21.8. The number of aliphatic imine (C=N–C) groups is 1. The van der Waals surface area contributed by atoms with E-state index in [4.69, 9.17) is 47.6 Å². The number of thioether (sulfide) groups is 1. The van der Waals surface area contributed by atoms with E-state index in [-0.39, 0.29) is 89.5 Å². The lowest BCUT2D eigenvalue weighted by atomic mass is 9.95. The average Bonchev–Trinajstić information content (AvgIpc) is 2.88. The summed E-state index contributed by atoms with van der Waals surface area (Å²) in [5.74, 6) is -9.72. The topological polar surface area (TPSA) is 491 Å². The number of esters is 1. The van der Waals surface area contributed by atoms with Crippen molar-refractivity contribution in [2.45, 2.75) is 190 Å². The number of imide groups is 1. The molecule has 0 radical (unpaired) electrons. The zero-order valence-electron chi connectivity index (χ0n) is 52.5. The number of primary amides is 1. The molecule has 1 aromatic carbocycles. The Morgan fingerprint density at radius 3 is 1.98 bits per heavy atom. The first kappa shape index (κ1) is 74.2. The number of aliphatic hydroxyl groups is 1. The minimum Gasteiger partial charge on any atom is -0.457 e. The molecular formula is C59H93N15O16S. The van der Waals surface area contributed by atoms with Gasteiger partial charge in [0.25, 0.3) is 0 Å². The molecule has 10 amide bonds. The highest BCUT2D eigenvalue weighted by atomic mass is 32.2. The summed E-state index contributed by atoms with van der Waals surface area (Å²) in [6, 6.07) is -1.65. The second-order valence-electron chi connectivity index (χ2n) is 23.1. The summed E-state index contributed by atoms with van der Waals surface area (Å²) in [5, 5.41) is 29.6. The van der Waals surface area contributed by atoms with Crippen LogP contribution in [0.15, 0.2) is 35.5 Å². The number of hydrogen-bond acceptors (Lipinski definition) is 20. The van der Waals surface area contributed by atoms with Crippen LogP contribution in [0.2, 0.25) is 0 Å². The number of nitrogens with zero attached hydrogens (tertiary/aromatic N) is 2. The smallest absolute Gasteiger partial charge is 0.308 e. The molecule has 91 heavy (non-hydrogen) atoms. The Hall–Kier alpha value is -7.49. The molecule has 0 aliphatic carbocycles. The lowest BCUT2D eigenvalue weighted by Gasteiger charge is -2.43. The predicted octanol–water partition coefficient (Wildman–Crippen LogP) is -3.08. The number of likely N-dealkylation sites (N-methyl/N-ethyl adjacent to an activating group) is 1. The summed E-state index contributed by atoms with van der Waals surface area (Å²) < 4.78 is 22.1. The number of carbonyl (C=O) groups excluding carboxylic acids is 11. The number of aromatic amines is 1. The van der Waals surface area contributed by atoms with Crippen molar-refractivity contribution in [1.82, 2.24) is 47.1 Å². The fourth-order valence-electron chi connectivity index (χ4n) is 10.5. The number of aliphatic hydroxyl groups excluding tert-OH is 1. The summed E-state index contributed by atoms with van der Waals surface area (Å²) >= 11 is 0.905. The Bertz CT molecular complexity index is 2880. The molecular weight excluding hydrogens is 1210 g/mol. The monoisotopic (exact) mass is 1300 g/mol. The number of ether oxygens (including phenoxy) is 4. The van der Waals surface area contributed by atoms with Crippen LogP contribution in [-0.2, 0) is 78.1 Å². The van der Waals surface area contributed by atoms with Crippen molar-refractivity contribution in [3.8, 4) is 0 Å². The number of benzene rings is 1. The van der Waals surface area contributed by atoms with Crippen LogP contribution in [-0.4, -0.2) is 210 Å². The van der Waals surface area contributed by atoms with Gasteiger partial charge in [0.05, 0.1) is 30.9 Å². The molecule has 19 N–H and O–H groups in total. The lowest BCUT2D eigenvalue weighted by molar-refractivity contribution is -0.306. The number of rotatable bonds is 37. The fraction of sp³-hybridized carbons (Fsp3) is 0.661. The van der Waals surface area contributed by atoms with E-state index in [9.17, 15) is 57.8 Å². The molecule has 0 saturated carbocycles. The minimum atomic E-state index is -1.55. The van der Waals surface area contributed by atoms with Crippen LogP contribution in [0.25, 0.3) is 10.9 Å². The Kier molecular flexibility index (Phi) is 29.8. The van der Waals surface area contributed by atoms with Gasteiger partial charge >= 0.3 is 5.97 Å². The Morgan fingerprint density at radius 2 is 1.36 bits per heavy atom. The standard InChI is InChI=1S/C59H93N15O16S/c1-7-30(3)47(56(84)70-37(16-11-12-21-60)54(82)72-48(31(4)8-2)57(85)71-40(52(80)65-6)24-33-26-67-36-15-10-9-14-34(33)36)73-55(83)39(18-19-44(62)75)69-53(81)38(17-13-22-66-59(63)64)68-51(79)35(61)29-91-43-25-45(76)74(58(43)86)23-20-46(77)90-41-27-88-42-28-87-32(5)89-50(42)49(41)78/h9-10,14-15,26,30-32,35,37-43,47-50,67,78H,7-8,11-13,16-25,27-29,60-61H2,1-6H3,(H2,62,75)(H,65,80)(H,68,79)(H,69,81)(H,70,84)(H,71,85)(H,72,82)(H,73,83)(H4,63,64,66)/t30?,31?,32?,35-,37-,38-,39-,40-,41?,42?,43?,47-,48-,49?,50?/m0/s1. The highest BCUT2D eigenvalue weighted by Gasteiger charge is 2.46. The van der Waals surface area contributed by atoms with Crippen molar-refractivity contribution in [2.75, 3.05) is 45.6 Å². The third-order valence-corrected chi connectivity index (χ3v) is 17.6. The molecule has 15 atom stereocenters. The van der Waals surface area contributed by atoms with Crippen molar-refractivity contribution in [3.63, 3.8) is 0 Å². The number of H-pyrrole nitrogens is 1. The first-order chi connectivity index (χ1) is 43.3. The van der Waals surface area contributed by atoms with E-state index in [2.05, 4.69) is 47.2 Å². The van der Waals surface area contributed by atoms with Crippen LogP contribution < -0.4 is 65.9 Å². The van der Waals surface area contributed by atoms with E-state index in [0.29, 0.717) is 25.7 Å². The number of aromatic nitrogens is 1. The van der Waals surface area contributed by atoms with Crippen LogP contribution in [0.3, 0.4) is 0 Å². The summed E-state index contributed by atoms with van der Waals surface area (Å²) in [6.07, 6.45) is -2.14. The molecule has 1 aromatic heterocycles. The number of carbonyl (C=O) groups is 11. The van der Waals surface area contributed by atoms with E-state index in [1.807, 2.05) is 31.2 Å². The van der Waals surface area contributed by atoms with Crippen LogP contribution in [0, 0.1) is 11.8 Å². The predicted molar refractivity (Wildman–Crippen MR) is 334 cm³/mol. The van der Waals surface area contributed by atoms with Gasteiger partial charge in [-0.25, -0.2) is 0 Å². The largest absolute Gasteiger partial charge is 0.457 e. The highest BCUT2D eigenvalue weighted by Crippen LogP contribution is 2.29. The van der Waals surface area contributed by atoms with Crippen LogP contribution in [0.1, 0.15) is 111 Å². The van der Waals surface area contributed by atoms with Crippen molar-refractivity contribution in [3.05, 3.63) is 36.0 Å². The molecule has 0 spiro atoms. The van der Waals surface area contributed by atoms with Crippen molar-refractivity contribution in [1.29, 1.82) is 0 Å². The zero-order chi connectivity index (χ0) is 67.1. The summed E-state index contributed by atoms with van der Waals surface area (Å²) in [7, 11) is 1.45. The summed E-state index contributed by atoms with van der Waals surface area (Å²) in [6.45, 7) is 8.68. The van der Waals surface area contributed by atoms with Gasteiger partial charge < -0.3 is 94.9 Å². The molecule has 4 heterocycles. The number of unbranched alkanes of at least 4 members (excludes halogenated alkanes) is 1. The molecule has 0 bridgehead atoms. The molecule has 2 aromatic rings. The van der Waals surface area contributed by atoms with Crippen molar-refractivity contribution in [2.24, 2.45) is 45.5 Å². The maximum atomic E-state index is 14.5. The first-order valence-corrected chi connectivity index (χ1v) is 32.0. The Labute approximate surface area is 532 Å². The summed E-state index contributed by atoms with van der Waals surface area (Å²) in [5.41, 5.74) is 30.3. The molecule has 31 nitrogen and oxygen atoms in total. The maximum Gasteiger partial charge on any atom is 0.308 e. The molecule has 5 rings (SSSR count). The van der Waals surface area contributed by atoms with Crippen LogP contribution in [0.5, 0.6) is 0 Å². The second kappa shape index (κ2) is 36.5. The second-order valence-corrected chi connectivity index (χ2v) is 24.3. The van der Waals surface area contributed by atoms with E-state index in [1.165, 1.54) is 7.05 Å². The third kappa shape index (κ3) is 22.1. The van der Waals surface area contributed by atoms with E-state index < -0.39 is 162 Å². The van der Waals surface area contributed by atoms with E-state index in [1.54, 1.807) is 33.9 Å². The van der Waals surface area contributed by atoms with Gasteiger partial charge in [-0.05, 0) is 75.5 Å². The number of para-hydroxylation sites is 1. The maximum absolute atomic E-state index is 14.5. The minimum absolute atomic E-state index is 0.0105. The quantitative estimate of drug-likeness (QED) is 0.0105.